The lowest BCUT2D eigenvalue weighted by Crippen LogP contribution is -2.36. The lowest BCUT2D eigenvalue weighted by Gasteiger charge is -2.16. The molecular formula is C24H26N4O. The molecular weight excluding hydrogens is 360 g/mol. The minimum absolute atomic E-state index is 0.217. The summed E-state index contributed by atoms with van der Waals surface area (Å²) in [5.74, 6) is 0.978. The van der Waals surface area contributed by atoms with Gasteiger partial charge in [0, 0.05) is 38.8 Å². The van der Waals surface area contributed by atoms with Crippen LogP contribution < -0.4 is 15.5 Å². The van der Waals surface area contributed by atoms with Crippen LogP contribution in [-0.2, 0) is 17.9 Å². The van der Waals surface area contributed by atoms with Gasteiger partial charge in [0.15, 0.2) is 5.96 Å². The van der Waals surface area contributed by atoms with Gasteiger partial charge in [0.1, 0.15) is 0 Å². The standard InChI is InChI=1S/C24H26N4O/c1-25-24(27-17-19-8-11-20-5-2-3-6-21(20)15-19)26-16-18-9-12-22(13-10-18)28-14-4-7-23(28)29/h2-3,5-6,8-13,15H,4,7,14,16-17H2,1H3,(H2,25,26,27). The van der Waals surface area contributed by atoms with E-state index in [4.69, 9.17) is 0 Å². The summed E-state index contributed by atoms with van der Waals surface area (Å²) in [6, 6.07) is 23.0. The summed E-state index contributed by atoms with van der Waals surface area (Å²) in [5, 5.41) is 9.21. The Morgan fingerprint density at radius 1 is 0.931 bits per heavy atom. The van der Waals surface area contributed by atoms with Crippen LogP contribution in [0.5, 0.6) is 0 Å². The first-order valence-corrected chi connectivity index (χ1v) is 10.0. The first-order chi connectivity index (χ1) is 14.2. The van der Waals surface area contributed by atoms with Gasteiger partial charge in [0.05, 0.1) is 0 Å². The van der Waals surface area contributed by atoms with Crippen LogP contribution in [0.15, 0.2) is 71.7 Å². The van der Waals surface area contributed by atoms with Crippen molar-refractivity contribution < 1.29 is 4.79 Å². The maximum absolute atomic E-state index is 11.9. The fourth-order valence-electron chi connectivity index (χ4n) is 3.66. The molecule has 5 heteroatoms. The van der Waals surface area contributed by atoms with Crippen molar-refractivity contribution in [1.29, 1.82) is 0 Å². The Morgan fingerprint density at radius 3 is 2.31 bits per heavy atom. The van der Waals surface area contributed by atoms with Crippen molar-refractivity contribution in [2.75, 3.05) is 18.5 Å². The molecule has 1 aliphatic heterocycles. The molecule has 3 aromatic rings. The molecule has 1 aliphatic rings. The molecule has 1 saturated heterocycles. The highest BCUT2D eigenvalue weighted by molar-refractivity contribution is 5.95. The minimum Gasteiger partial charge on any atom is -0.352 e. The minimum atomic E-state index is 0.217. The predicted molar refractivity (Wildman–Crippen MR) is 119 cm³/mol. The molecule has 0 spiro atoms. The van der Waals surface area contributed by atoms with Gasteiger partial charge in [-0.3, -0.25) is 9.79 Å². The molecule has 4 rings (SSSR count). The van der Waals surface area contributed by atoms with E-state index in [9.17, 15) is 4.79 Å². The molecule has 0 unspecified atom stereocenters. The van der Waals surface area contributed by atoms with Crippen molar-refractivity contribution in [3.8, 4) is 0 Å². The van der Waals surface area contributed by atoms with Crippen LogP contribution in [0, 0.1) is 0 Å². The molecule has 0 aliphatic carbocycles. The fraction of sp³-hybridized carbons (Fsp3) is 0.250. The molecule has 2 N–H and O–H groups in total. The third-order valence-corrected chi connectivity index (χ3v) is 5.28. The first-order valence-electron chi connectivity index (χ1n) is 10.0. The maximum Gasteiger partial charge on any atom is 0.227 e. The molecule has 0 atom stereocenters. The highest BCUT2D eigenvalue weighted by Gasteiger charge is 2.21. The number of nitrogens with zero attached hydrogens (tertiary/aromatic N) is 2. The van der Waals surface area contributed by atoms with E-state index in [0.717, 1.165) is 30.2 Å². The van der Waals surface area contributed by atoms with Gasteiger partial charge >= 0.3 is 0 Å². The molecule has 0 radical (unpaired) electrons. The molecule has 1 fully saturated rings. The molecule has 0 saturated carbocycles. The van der Waals surface area contributed by atoms with E-state index in [0.29, 0.717) is 19.5 Å². The van der Waals surface area contributed by atoms with Crippen molar-refractivity contribution in [3.63, 3.8) is 0 Å². The van der Waals surface area contributed by atoms with Gasteiger partial charge < -0.3 is 15.5 Å². The molecule has 0 bridgehead atoms. The number of rotatable bonds is 5. The Hall–Kier alpha value is -3.34. The zero-order chi connectivity index (χ0) is 20.1. The second kappa shape index (κ2) is 8.78. The Bertz CT molecular complexity index is 1030. The number of nitrogens with one attached hydrogen (secondary N) is 2. The molecule has 1 heterocycles. The van der Waals surface area contributed by atoms with Gasteiger partial charge in [-0.2, -0.15) is 0 Å². The van der Waals surface area contributed by atoms with E-state index >= 15 is 0 Å². The van der Waals surface area contributed by atoms with Gasteiger partial charge in [-0.05, 0) is 46.5 Å². The lowest BCUT2D eigenvalue weighted by atomic mass is 10.1. The smallest absolute Gasteiger partial charge is 0.227 e. The van der Waals surface area contributed by atoms with Crippen molar-refractivity contribution in [2.24, 2.45) is 4.99 Å². The van der Waals surface area contributed by atoms with E-state index in [1.54, 1.807) is 7.05 Å². The third-order valence-electron chi connectivity index (χ3n) is 5.28. The summed E-state index contributed by atoms with van der Waals surface area (Å²) in [6.45, 7) is 2.20. The average molecular weight is 386 g/mol. The zero-order valence-corrected chi connectivity index (χ0v) is 16.7. The third kappa shape index (κ3) is 4.57. The highest BCUT2D eigenvalue weighted by Crippen LogP contribution is 2.21. The maximum atomic E-state index is 11.9. The number of carbonyl (C=O) groups excluding carboxylic acids is 1. The molecule has 0 aromatic heterocycles. The number of carbonyl (C=O) groups is 1. The van der Waals surface area contributed by atoms with Gasteiger partial charge in [0.25, 0.3) is 0 Å². The largest absolute Gasteiger partial charge is 0.352 e. The van der Waals surface area contributed by atoms with Crippen LogP contribution in [0.25, 0.3) is 10.8 Å². The molecule has 148 valence electrons. The topological polar surface area (TPSA) is 56.7 Å². The average Bonchev–Trinajstić information content (AvgIpc) is 3.20. The Morgan fingerprint density at radius 2 is 1.62 bits per heavy atom. The summed E-state index contributed by atoms with van der Waals surface area (Å²) < 4.78 is 0. The second-order valence-corrected chi connectivity index (χ2v) is 7.28. The number of aliphatic imine (C=N–C) groups is 1. The van der Waals surface area contributed by atoms with Crippen molar-refractivity contribution in [3.05, 3.63) is 77.9 Å². The lowest BCUT2D eigenvalue weighted by molar-refractivity contribution is -0.117. The monoisotopic (exact) mass is 386 g/mol. The van der Waals surface area contributed by atoms with Crippen LogP contribution >= 0.6 is 0 Å². The summed E-state index contributed by atoms with van der Waals surface area (Å²) in [7, 11) is 1.78. The number of fused-ring (bicyclic) bond motifs is 1. The second-order valence-electron chi connectivity index (χ2n) is 7.28. The van der Waals surface area contributed by atoms with E-state index < -0.39 is 0 Å². The van der Waals surface area contributed by atoms with Gasteiger partial charge in [-0.15, -0.1) is 0 Å². The number of guanidine groups is 1. The number of benzene rings is 3. The number of hydrogen-bond acceptors (Lipinski definition) is 2. The quantitative estimate of drug-likeness (QED) is 0.518. The normalized spacial score (nSPS) is 14.4. The highest BCUT2D eigenvalue weighted by atomic mass is 16.2. The van der Waals surface area contributed by atoms with Crippen LogP contribution in [0.4, 0.5) is 5.69 Å². The molecule has 3 aromatic carbocycles. The van der Waals surface area contributed by atoms with Crippen molar-refractivity contribution in [1.82, 2.24) is 10.6 Å². The summed E-state index contributed by atoms with van der Waals surface area (Å²) in [6.07, 6.45) is 1.60. The van der Waals surface area contributed by atoms with Crippen molar-refractivity contribution >= 4 is 28.3 Å². The molecule has 5 nitrogen and oxygen atoms in total. The van der Waals surface area contributed by atoms with Crippen LogP contribution in [0.2, 0.25) is 0 Å². The van der Waals surface area contributed by atoms with Gasteiger partial charge in [-0.25, -0.2) is 0 Å². The number of anilines is 1. The van der Waals surface area contributed by atoms with Crippen molar-refractivity contribution in [2.45, 2.75) is 25.9 Å². The summed E-state index contributed by atoms with van der Waals surface area (Å²) in [4.78, 5) is 18.0. The van der Waals surface area contributed by atoms with Crippen LogP contribution in [0.1, 0.15) is 24.0 Å². The Labute approximate surface area is 171 Å². The first kappa shape index (κ1) is 19.0. The number of hydrogen-bond donors (Lipinski definition) is 2. The summed E-state index contributed by atoms with van der Waals surface area (Å²) in [5.41, 5.74) is 3.34. The van der Waals surface area contributed by atoms with Crippen LogP contribution in [-0.4, -0.2) is 25.5 Å². The fourth-order valence-corrected chi connectivity index (χ4v) is 3.66. The SMILES string of the molecule is CN=C(NCc1ccc(N2CCCC2=O)cc1)NCc1ccc2ccccc2c1. The van der Waals surface area contributed by atoms with Gasteiger partial charge in [0.2, 0.25) is 5.91 Å². The van der Waals surface area contributed by atoms with E-state index in [2.05, 4.69) is 70.2 Å². The Kier molecular flexibility index (Phi) is 5.75. The molecule has 29 heavy (non-hydrogen) atoms. The van der Waals surface area contributed by atoms with E-state index in [1.165, 1.54) is 16.3 Å². The zero-order valence-electron chi connectivity index (χ0n) is 16.7. The number of amides is 1. The predicted octanol–water partition coefficient (Wildman–Crippen LogP) is 3.83. The summed E-state index contributed by atoms with van der Waals surface area (Å²) >= 11 is 0. The Balaban J connectivity index is 1.31. The van der Waals surface area contributed by atoms with E-state index in [-0.39, 0.29) is 5.91 Å². The molecule has 1 amide bonds. The van der Waals surface area contributed by atoms with E-state index in [1.807, 2.05) is 17.0 Å². The van der Waals surface area contributed by atoms with Gasteiger partial charge in [-0.1, -0.05) is 48.5 Å². The van der Waals surface area contributed by atoms with Crippen LogP contribution in [0.3, 0.4) is 0 Å².